The van der Waals surface area contributed by atoms with Crippen LogP contribution in [0.25, 0.3) is 0 Å². The van der Waals surface area contributed by atoms with Crippen molar-refractivity contribution in [3.05, 3.63) is 5.28 Å². The Labute approximate surface area is 97.4 Å². The van der Waals surface area contributed by atoms with Gasteiger partial charge in [-0.25, -0.2) is 8.42 Å². The Kier molecular flexibility index (Phi) is 2.85. The van der Waals surface area contributed by atoms with Crippen LogP contribution >= 0.6 is 11.6 Å². The lowest BCUT2D eigenvalue weighted by atomic mass is 10.3. The molecule has 1 aromatic heterocycles. The number of nitrogens with one attached hydrogen (secondary N) is 1. The maximum absolute atomic E-state index is 11.2. The minimum absolute atomic E-state index is 0.00311. The van der Waals surface area contributed by atoms with Crippen molar-refractivity contribution in [1.29, 1.82) is 0 Å². The molecule has 1 aliphatic heterocycles. The van der Waals surface area contributed by atoms with Gasteiger partial charge in [0.25, 0.3) is 0 Å². The van der Waals surface area contributed by atoms with Crippen molar-refractivity contribution >= 4 is 33.3 Å². The van der Waals surface area contributed by atoms with Crippen LogP contribution in [0.5, 0.6) is 0 Å². The maximum Gasteiger partial charge on any atom is 0.229 e. The van der Waals surface area contributed by atoms with Gasteiger partial charge in [0.05, 0.1) is 11.5 Å². The first-order valence-corrected chi connectivity index (χ1v) is 6.78. The third-order valence-corrected chi connectivity index (χ3v) is 4.13. The van der Waals surface area contributed by atoms with Gasteiger partial charge in [-0.1, -0.05) is 0 Å². The third kappa shape index (κ3) is 2.70. The van der Waals surface area contributed by atoms with Gasteiger partial charge < -0.3 is 11.1 Å². The van der Waals surface area contributed by atoms with E-state index in [0.717, 1.165) is 0 Å². The molecular weight excluding hydrogens is 254 g/mol. The lowest BCUT2D eigenvalue weighted by molar-refractivity contribution is 0.602. The largest absolute Gasteiger partial charge is 0.368 e. The number of hydrogen-bond acceptors (Lipinski definition) is 7. The first-order valence-electron chi connectivity index (χ1n) is 4.59. The molecule has 1 unspecified atom stereocenters. The fraction of sp³-hybridized carbons (Fsp3) is 0.571. The van der Waals surface area contributed by atoms with E-state index in [1.807, 2.05) is 0 Å². The molecule has 7 nitrogen and oxygen atoms in total. The lowest BCUT2D eigenvalue weighted by Gasteiger charge is -2.10. The van der Waals surface area contributed by atoms with Crippen LogP contribution in [0.1, 0.15) is 6.42 Å². The zero-order chi connectivity index (χ0) is 11.8. The third-order valence-electron chi connectivity index (χ3n) is 2.19. The summed E-state index contributed by atoms with van der Waals surface area (Å²) in [6, 6.07) is -0.192. The normalized spacial score (nSPS) is 23.2. The standard InChI is InChI=1S/C7H10ClN5O2S/c8-5-11-6(9)13-7(12-5)10-4-1-2-16(14,15)3-4/h4H,1-3H2,(H3,9,10,11,12,13). The maximum atomic E-state index is 11.2. The monoisotopic (exact) mass is 263 g/mol. The van der Waals surface area contributed by atoms with Crippen LogP contribution in [0, 0.1) is 0 Å². The number of halogens is 1. The highest BCUT2D eigenvalue weighted by Gasteiger charge is 2.28. The SMILES string of the molecule is Nc1nc(Cl)nc(NC2CCS(=O)(=O)C2)n1. The quantitative estimate of drug-likeness (QED) is 0.754. The molecule has 0 saturated carbocycles. The van der Waals surface area contributed by atoms with E-state index in [1.165, 1.54) is 0 Å². The molecule has 88 valence electrons. The van der Waals surface area contributed by atoms with Gasteiger partial charge in [-0.2, -0.15) is 15.0 Å². The van der Waals surface area contributed by atoms with Crippen LogP contribution in [0.2, 0.25) is 5.28 Å². The van der Waals surface area contributed by atoms with Gasteiger partial charge in [-0.05, 0) is 18.0 Å². The molecule has 0 spiro atoms. The summed E-state index contributed by atoms with van der Waals surface area (Å²) in [5, 5.41) is 2.85. The molecule has 0 amide bonds. The van der Waals surface area contributed by atoms with Crippen LogP contribution in [0.4, 0.5) is 11.9 Å². The molecule has 1 saturated heterocycles. The fourth-order valence-electron chi connectivity index (χ4n) is 1.52. The van der Waals surface area contributed by atoms with Crippen molar-refractivity contribution in [2.75, 3.05) is 22.6 Å². The Bertz CT molecular complexity index is 485. The van der Waals surface area contributed by atoms with E-state index in [2.05, 4.69) is 20.3 Å². The number of anilines is 2. The highest BCUT2D eigenvalue weighted by Crippen LogP contribution is 2.16. The Morgan fingerprint density at radius 3 is 2.69 bits per heavy atom. The highest BCUT2D eigenvalue weighted by atomic mass is 35.5. The van der Waals surface area contributed by atoms with Gasteiger partial charge in [-0.3, -0.25) is 0 Å². The van der Waals surface area contributed by atoms with E-state index >= 15 is 0 Å². The smallest absolute Gasteiger partial charge is 0.229 e. The summed E-state index contributed by atoms with van der Waals surface area (Å²) >= 11 is 5.59. The lowest BCUT2D eigenvalue weighted by Crippen LogP contribution is -2.22. The van der Waals surface area contributed by atoms with Gasteiger partial charge in [-0.15, -0.1) is 0 Å². The molecule has 2 heterocycles. The van der Waals surface area contributed by atoms with Gasteiger partial charge in [0.15, 0.2) is 9.84 Å². The molecule has 1 aliphatic rings. The molecule has 0 bridgehead atoms. The summed E-state index contributed by atoms with van der Waals surface area (Å²) in [5.41, 5.74) is 5.38. The number of nitrogen functional groups attached to an aromatic ring is 1. The number of nitrogens with two attached hydrogens (primary N) is 1. The minimum atomic E-state index is -2.93. The molecule has 1 aromatic rings. The zero-order valence-corrected chi connectivity index (χ0v) is 9.79. The Morgan fingerprint density at radius 2 is 2.12 bits per heavy atom. The van der Waals surface area contributed by atoms with Gasteiger partial charge in [0.2, 0.25) is 17.2 Å². The van der Waals surface area contributed by atoms with Crippen molar-refractivity contribution in [3.8, 4) is 0 Å². The molecular formula is C7H10ClN5O2S. The van der Waals surface area contributed by atoms with Crippen LogP contribution in [-0.2, 0) is 9.84 Å². The predicted octanol–water partition coefficient (Wildman–Crippen LogP) is -0.294. The number of hydrogen-bond donors (Lipinski definition) is 2. The topological polar surface area (TPSA) is 111 Å². The fourth-order valence-corrected chi connectivity index (χ4v) is 3.36. The second-order valence-corrected chi connectivity index (χ2v) is 6.10. The molecule has 0 aliphatic carbocycles. The Hall–Kier alpha value is -1.15. The Balaban J connectivity index is 2.10. The van der Waals surface area contributed by atoms with Crippen molar-refractivity contribution in [1.82, 2.24) is 15.0 Å². The molecule has 0 radical (unpaired) electrons. The van der Waals surface area contributed by atoms with E-state index in [-0.39, 0.29) is 34.7 Å². The average molecular weight is 264 g/mol. The van der Waals surface area contributed by atoms with E-state index in [9.17, 15) is 8.42 Å². The number of aromatic nitrogens is 3. The van der Waals surface area contributed by atoms with Crippen molar-refractivity contribution in [3.63, 3.8) is 0 Å². The number of nitrogens with zero attached hydrogens (tertiary/aromatic N) is 3. The highest BCUT2D eigenvalue weighted by molar-refractivity contribution is 7.91. The van der Waals surface area contributed by atoms with Crippen LogP contribution in [0.3, 0.4) is 0 Å². The van der Waals surface area contributed by atoms with Crippen molar-refractivity contribution < 1.29 is 8.42 Å². The molecule has 1 atom stereocenters. The van der Waals surface area contributed by atoms with Crippen molar-refractivity contribution in [2.45, 2.75) is 12.5 Å². The first kappa shape index (κ1) is 11.3. The summed E-state index contributed by atoms with van der Waals surface area (Å²) < 4.78 is 22.4. The summed E-state index contributed by atoms with van der Waals surface area (Å²) in [6.07, 6.45) is 0.533. The minimum Gasteiger partial charge on any atom is -0.368 e. The zero-order valence-electron chi connectivity index (χ0n) is 8.22. The summed E-state index contributed by atoms with van der Waals surface area (Å²) in [4.78, 5) is 11.2. The molecule has 3 N–H and O–H groups in total. The van der Waals surface area contributed by atoms with Gasteiger partial charge in [0.1, 0.15) is 0 Å². The Morgan fingerprint density at radius 1 is 1.38 bits per heavy atom. The predicted molar refractivity (Wildman–Crippen MR) is 59.9 cm³/mol. The molecule has 0 aromatic carbocycles. The van der Waals surface area contributed by atoms with Crippen molar-refractivity contribution in [2.24, 2.45) is 0 Å². The van der Waals surface area contributed by atoms with Crippen LogP contribution in [-0.4, -0.2) is 40.9 Å². The molecule has 16 heavy (non-hydrogen) atoms. The first-order chi connectivity index (χ1) is 7.44. The summed E-state index contributed by atoms with van der Waals surface area (Å²) in [5.74, 6) is 0.470. The number of sulfone groups is 1. The van der Waals surface area contributed by atoms with E-state index < -0.39 is 9.84 Å². The second-order valence-electron chi connectivity index (χ2n) is 3.53. The van der Waals surface area contributed by atoms with Crippen LogP contribution in [0.15, 0.2) is 0 Å². The van der Waals surface area contributed by atoms with E-state index in [1.54, 1.807) is 0 Å². The molecule has 2 rings (SSSR count). The summed E-state index contributed by atoms with van der Waals surface area (Å²) in [7, 11) is -2.93. The van der Waals surface area contributed by atoms with E-state index in [0.29, 0.717) is 6.42 Å². The summed E-state index contributed by atoms with van der Waals surface area (Å²) in [6.45, 7) is 0. The van der Waals surface area contributed by atoms with Gasteiger partial charge in [0, 0.05) is 6.04 Å². The number of rotatable bonds is 2. The molecule has 1 fully saturated rings. The van der Waals surface area contributed by atoms with Crippen LogP contribution < -0.4 is 11.1 Å². The van der Waals surface area contributed by atoms with Gasteiger partial charge >= 0.3 is 0 Å². The average Bonchev–Trinajstić information content (AvgIpc) is 2.43. The molecule has 9 heteroatoms. The second kappa shape index (κ2) is 4.02. The van der Waals surface area contributed by atoms with E-state index in [4.69, 9.17) is 17.3 Å².